The number of aromatic nitrogens is 1. The van der Waals surface area contributed by atoms with E-state index in [1.54, 1.807) is 11.3 Å². The van der Waals surface area contributed by atoms with Gasteiger partial charge in [0.2, 0.25) is 0 Å². The van der Waals surface area contributed by atoms with Gasteiger partial charge in [-0.15, -0.1) is 11.3 Å². The Balaban J connectivity index is 2.21. The number of hydrogen-bond acceptors (Lipinski definition) is 4. The van der Waals surface area contributed by atoms with Crippen LogP contribution in [0.15, 0.2) is 24.3 Å². The molecule has 0 spiro atoms. The summed E-state index contributed by atoms with van der Waals surface area (Å²) in [5.41, 5.74) is 2.05. The van der Waals surface area contributed by atoms with E-state index in [1.165, 1.54) is 0 Å². The number of ether oxygens (including phenoxy) is 1. The lowest BCUT2D eigenvalue weighted by Gasteiger charge is -2.02. The van der Waals surface area contributed by atoms with Crippen LogP contribution in [-0.4, -0.2) is 22.7 Å². The molecule has 2 rings (SSSR count). The third-order valence-corrected chi connectivity index (χ3v) is 4.30. The van der Waals surface area contributed by atoms with Crippen molar-refractivity contribution in [2.75, 3.05) is 6.61 Å². The number of carbonyl (C=O) groups is 1. The minimum Gasteiger partial charge on any atom is -0.494 e. The summed E-state index contributed by atoms with van der Waals surface area (Å²) in [5.74, 6) is 0.0766. The fraction of sp³-hybridized carbons (Fsp3) is 0.375. The fourth-order valence-electron chi connectivity index (χ4n) is 2.06. The topological polar surface area (TPSA) is 59.4 Å². The highest BCUT2D eigenvalue weighted by Crippen LogP contribution is 2.30. The second-order valence-corrected chi connectivity index (χ2v) is 5.68. The molecular weight excluding hydrogens is 286 g/mol. The number of nitrogens with zero attached hydrogens (tertiary/aromatic N) is 1. The highest BCUT2D eigenvalue weighted by atomic mass is 32.1. The minimum absolute atomic E-state index is 0.151. The summed E-state index contributed by atoms with van der Waals surface area (Å²) in [7, 11) is 0. The Labute approximate surface area is 128 Å². The first-order valence-electron chi connectivity index (χ1n) is 7.07. The van der Waals surface area contributed by atoms with Gasteiger partial charge in [-0.3, -0.25) is 4.79 Å². The molecular formula is C16H19NO3S. The van der Waals surface area contributed by atoms with E-state index in [-0.39, 0.29) is 6.42 Å². The quantitative estimate of drug-likeness (QED) is 0.845. The first kappa shape index (κ1) is 15.5. The molecule has 0 saturated carbocycles. The van der Waals surface area contributed by atoms with E-state index >= 15 is 0 Å². The smallest absolute Gasteiger partial charge is 0.303 e. The summed E-state index contributed by atoms with van der Waals surface area (Å²) < 4.78 is 5.43. The predicted molar refractivity (Wildman–Crippen MR) is 84.1 cm³/mol. The first-order chi connectivity index (χ1) is 10.1. The molecule has 0 saturated heterocycles. The molecule has 112 valence electrons. The summed E-state index contributed by atoms with van der Waals surface area (Å²) in [6.07, 6.45) is 1.52. The van der Waals surface area contributed by atoms with Crippen molar-refractivity contribution < 1.29 is 14.6 Å². The molecule has 5 heteroatoms. The number of carboxylic acid groups (broad SMARTS) is 1. The Morgan fingerprint density at radius 3 is 2.57 bits per heavy atom. The first-order valence-corrected chi connectivity index (χ1v) is 7.89. The molecule has 0 atom stereocenters. The summed E-state index contributed by atoms with van der Waals surface area (Å²) in [5, 5.41) is 9.75. The molecule has 0 bridgehead atoms. The Morgan fingerprint density at radius 2 is 2.00 bits per heavy atom. The van der Waals surface area contributed by atoms with E-state index in [2.05, 4.69) is 4.98 Å². The molecule has 0 aliphatic heterocycles. The van der Waals surface area contributed by atoms with Gasteiger partial charge in [0.25, 0.3) is 0 Å². The molecule has 1 aromatic carbocycles. The Morgan fingerprint density at radius 1 is 1.29 bits per heavy atom. The zero-order chi connectivity index (χ0) is 15.2. The minimum atomic E-state index is -0.770. The van der Waals surface area contributed by atoms with Crippen LogP contribution in [0.2, 0.25) is 0 Å². The maximum atomic E-state index is 10.7. The molecule has 0 aliphatic carbocycles. The zero-order valence-electron chi connectivity index (χ0n) is 12.3. The average Bonchev–Trinajstić information content (AvgIpc) is 2.89. The van der Waals surface area contributed by atoms with Crippen LogP contribution in [0, 0.1) is 0 Å². The van der Waals surface area contributed by atoms with Crippen molar-refractivity contribution in [2.24, 2.45) is 0 Å². The van der Waals surface area contributed by atoms with Crippen LogP contribution in [0.25, 0.3) is 10.6 Å². The Hall–Kier alpha value is -1.88. The van der Waals surface area contributed by atoms with Crippen LogP contribution in [-0.2, 0) is 17.6 Å². The van der Waals surface area contributed by atoms with E-state index in [1.807, 2.05) is 38.1 Å². The van der Waals surface area contributed by atoms with Crippen LogP contribution in [0.5, 0.6) is 5.75 Å². The summed E-state index contributed by atoms with van der Waals surface area (Å²) in [6, 6.07) is 7.85. The molecule has 0 fully saturated rings. The second-order valence-electron chi connectivity index (χ2n) is 4.59. The molecule has 1 aromatic heterocycles. The molecule has 4 nitrogen and oxygen atoms in total. The van der Waals surface area contributed by atoms with E-state index in [0.717, 1.165) is 33.3 Å². The summed E-state index contributed by atoms with van der Waals surface area (Å²) in [4.78, 5) is 16.4. The number of benzene rings is 1. The number of hydrogen-bond donors (Lipinski definition) is 1. The van der Waals surface area contributed by atoms with Crippen molar-refractivity contribution in [3.05, 3.63) is 34.8 Å². The van der Waals surface area contributed by atoms with Gasteiger partial charge in [-0.25, -0.2) is 4.98 Å². The average molecular weight is 305 g/mol. The van der Waals surface area contributed by atoms with Gasteiger partial charge in [-0.1, -0.05) is 6.92 Å². The van der Waals surface area contributed by atoms with Gasteiger partial charge in [0.1, 0.15) is 10.8 Å². The Kier molecular flexibility index (Phi) is 5.33. The molecule has 2 aromatic rings. The van der Waals surface area contributed by atoms with Crippen molar-refractivity contribution in [1.82, 2.24) is 4.98 Å². The molecule has 1 heterocycles. The van der Waals surface area contributed by atoms with Gasteiger partial charge in [-0.2, -0.15) is 0 Å². The maximum absolute atomic E-state index is 10.7. The summed E-state index contributed by atoms with van der Waals surface area (Å²) >= 11 is 1.58. The largest absolute Gasteiger partial charge is 0.494 e. The molecule has 1 N–H and O–H groups in total. The molecule has 0 amide bonds. The van der Waals surface area contributed by atoms with Crippen LogP contribution < -0.4 is 4.74 Å². The highest BCUT2D eigenvalue weighted by Gasteiger charge is 2.12. The lowest BCUT2D eigenvalue weighted by atomic mass is 10.2. The van der Waals surface area contributed by atoms with Gasteiger partial charge in [-0.05, 0) is 44.0 Å². The van der Waals surface area contributed by atoms with Gasteiger partial charge in [0.05, 0.1) is 18.7 Å². The van der Waals surface area contributed by atoms with Crippen molar-refractivity contribution in [3.8, 4) is 16.3 Å². The Bertz CT molecular complexity index is 604. The number of aliphatic carboxylic acids is 1. The predicted octanol–water partition coefficient (Wildman–Crippen LogP) is 3.79. The third-order valence-electron chi connectivity index (χ3n) is 3.09. The van der Waals surface area contributed by atoms with E-state index in [9.17, 15) is 4.79 Å². The van der Waals surface area contributed by atoms with Crippen molar-refractivity contribution in [1.29, 1.82) is 0 Å². The highest BCUT2D eigenvalue weighted by molar-refractivity contribution is 7.15. The van der Waals surface area contributed by atoms with Crippen LogP contribution in [0.4, 0.5) is 0 Å². The van der Waals surface area contributed by atoms with E-state index < -0.39 is 5.97 Å². The lowest BCUT2D eigenvalue weighted by molar-refractivity contribution is -0.136. The van der Waals surface area contributed by atoms with Gasteiger partial charge in [0.15, 0.2) is 0 Å². The molecule has 21 heavy (non-hydrogen) atoms. The normalized spacial score (nSPS) is 10.6. The number of rotatable bonds is 7. The SMILES string of the molecule is CCOc1ccc(-c2nc(CC)c(CCC(=O)O)s2)cc1. The van der Waals surface area contributed by atoms with Gasteiger partial charge < -0.3 is 9.84 Å². The van der Waals surface area contributed by atoms with Crippen molar-refractivity contribution >= 4 is 17.3 Å². The molecule has 0 radical (unpaired) electrons. The molecule has 0 aliphatic rings. The van der Waals surface area contributed by atoms with E-state index in [0.29, 0.717) is 13.0 Å². The molecule has 0 unspecified atom stereocenters. The zero-order valence-corrected chi connectivity index (χ0v) is 13.1. The van der Waals surface area contributed by atoms with Crippen LogP contribution in [0.3, 0.4) is 0 Å². The lowest BCUT2D eigenvalue weighted by Crippen LogP contribution is -1.98. The van der Waals surface area contributed by atoms with Crippen molar-refractivity contribution in [3.63, 3.8) is 0 Å². The van der Waals surface area contributed by atoms with Crippen LogP contribution in [0.1, 0.15) is 30.8 Å². The monoisotopic (exact) mass is 305 g/mol. The van der Waals surface area contributed by atoms with Gasteiger partial charge >= 0.3 is 5.97 Å². The number of aryl methyl sites for hydroxylation is 2. The van der Waals surface area contributed by atoms with E-state index in [4.69, 9.17) is 9.84 Å². The maximum Gasteiger partial charge on any atom is 0.303 e. The van der Waals surface area contributed by atoms with Gasteiger partial charge in [0, 0.05) is 10.4 Å². The van der Waals surface area contributed by atoms with Crippen molar-refractivity contribution in [2.45, 2.75) is 33.1 Å². The third kappa shape index (κ3) is 4.04. The number of carboxylic acids is 1. The standard InChI is InChI=1S/C16H19NO3S/c1-3-13-14(9-10-15(18)19)21-16(17-13)11-5-7-12(8-6-11)20-4-2/h5-8H,3-4,9-10H2,1-2H3,(H,18,19). The summed E-state index contributed by atoms with van der Waals surface area (Å²) in [6.45, 7) is 4.65. The fourth-order valence-corrected chi connectivity index (χ4v) is 3.21. The van der Waals surface area contributed by atoms with Crippen LogP contribution >= 0.6 is 11.3 Å². The number of thiazole rings is 1. The second kappa shape index (κ2) is 7.22.